The van der Waals surface area contributed by atoms with E-state index in [-0.39, 0.29) is 17.5 Å². The topological polar surface area (TPSA) is 98.0 Å². The molecule has 0 aliphatic heterocycles. The zero-order valence-corrected chi connectivity index (χ0v) is 8.72. The molecule has 0 unspecified atom stereocenters. The third-order valence-electron chi connectivity index (χ3n) is 1.33. The smallest absolute Gasteiger partial charge is 0.210 e. The van der Waals surface area contributed by atoms with Crippen LogP contribution in [-0.4, -0.2) is 30.7 Å². The third kappa shape index (κ3) is 4.35. The van der Waals surface area contributed by atoms with E-state index in [1.807, 2.05) is 0 Å². The zero-order valence-electron chi connectivity index (χ0n) is 7.14. The van der Waals surface area contributed by atoms with Gasteiger partial charge in [0.2, 0.25) is 10.0 Å². The van der Waals surface area contributed by atoms with Crippen molar-refractivity contribution >= 4 is 27.4 Å². The highest BCUT2D eigenvalue weighted by atomic mass is 35.5. The van der Waals surface area contributed by atoms with E-state index in [4.69, 9.17) is 16.7 Å². The van der Waals surface area contributed by atoms with Gasteiger partial charge in [-0.3, -0.25) is 0 Å². The number of aromatic nitrogens is 2. The predicted octanol–water partition coefficient (Wildman–Crippen LogP) is -0.170. The normalized spacial score (nSPS) is 11.3. The molecule has 1 heterocycles. The van der Waals surface area contributed by atoms with E-state index in [9.17, 15) is 8.42 Å². The number of nitrogens with zero attached hydrogens (tertiary/aromatic N) is 2. The molecule has 78 valence electrons. The highest BCUT2D eigenvalue weighted by molar-refractivity contribution is 7.89. The largest absolute Gasteiger partial charge is 0.369 e. The lowest BCUT2D eigenvalue weighted by molar-refractivity contribution is 0.598. The monoisotopic (exact) mass is 236 g/mol. The van der Waals surface area contributed by atoms with Crippen LogP contribution in [0, 0.1) is 0 Å². The van der Waals surface area contributed by atoms with Gasteiger partial charge in [0, 0.05) is 12.6 Å². The maximum absolute atomic E-state index is 10.6. The maximum atomic E-state index is 10.6. The molecule has 1 aromatic rings. The number of hydrogen-bond acceptors (Lipinski definition) is 5. The summed E-state index contributed by atoms with van der Waals surface area (Å²) in [7, 11) is -3.44. The molecule has 8 heteroatoms. The number of primary sulfonamides is 1. The summed E-state index contributed by atoms with van der Waals surface area (Å²) in [4.78, 5) is 7.48. The summed E-state index contributed by atoms with van der Waals surface area (Å²) in [5.74, 6) is 0.308. The average Bonchev–Trinajstić information content (AvgIpc) is 2.01. The highest BCUT2D eigenvalue weighted by Gasteiger charge is 2.02. The zero-order chi connectivity index (χ0) is 10.6. The van der Waals surface area contributed by atoms with Gasteiger partial charge in [-0.1, -0.05) is 11.6 Å². The fourth-order valence-electron chi connectivity index (χ4n) is 0.752. The molecule has 1 rings (SSSR count). The second-order valence-corrected chi connectivity index (χ2v) is 4.64. The Kier molecular flexibility index (Phi) is 3.62. The molecular weight excluding hydrogens is 228 g/mol. The first-order chi connectivity index (χ1) is 6.47. The summed E-state index contributed by atoms with van der Waals surface area (Å²) in [6.07, 6.45) is 1.28. The first-order valence-electron chi connectivity index (χ1n) is 3.69. The number of nitrogens with two attached hydrogens (primary N) is 1. The quantitative estimate of drug-likeness (QED) is 0.708. The summed E-state index contributed by atoms with van der Waals surface area (Å²) in [5.41, 5.74) is 0. The maximum Gasteiger partial charge on any atom is 0.210 e. The van der Waals surface area contributed by atoms with E-state index in [0.717, 1.165) is 0 Å². The van der Waals surface area contributed by atoms with Gasteiger partial charge in [-0.2, -0.15) is 0 Å². The molecule has 0 fully saturated rings. The highest BCUT2D eigenvalue weighted by Crippen LogP contribution is 2.07. The minimum Gasteiger partial charge on any atom is -0.369 e. The summed E-state index contributed by atoms with van der Waals surface area (Å²) in [5, 5.41) is 7.84. The van der Waals surface area contributed by atoms with E-state index in [2.05, 4.69) is 15.3 Å². The van der Waals surface area contributed by atoms with Gasteiger partial charge in [-0.25, -0.2) is 23.5 Å². The van der Waals surface area contributed by atoms with Crippen LogP contribution in [0.25, 0.3) is 0 Å². The molecule has 0 spiro atoms. The second kappa shape index (κ2) is 4.54. The van der Waals surface area contributed by atoms with Crippen molar-refractivity contribution < 1.29 is 8.42 Å². The molecule has 0 atom stereocenters. The molecule has 0 aliphatic rings. The van der Waals surface area contributed by atoms with Crippen molar-refractivity contribution in [1.29, 1.82) is 0 Å². The fraction of sp³-hybridized carbons (Fsp3) is 0.333. The van der Waals surface area contributed by atoms with Crippen molar-refractivity contribution in [2.24, 2.45) is 5.14 Å². The van der Waals surface area contributed by atoms with Crippen LogP contribution < -0.4 is 10.5 Å². The molecule has 0 radical (unpaired) electrons. The van der Waals surface area contributed by atoms with Gasteiger partial charge < -0.3 is 5.32 Å². The Morgan fingerprint density at radius 1 is 1.50 bits per heavy atom. The summed E-state index contributed by atoms with van der Waals surface area (Å²) < 4.78 is 21.1. The Labute approximate surface area is 86.6 Å². The minimum absolute atomic E-state index is 0.158. The van der Waals surface area contributed by atoms with Gasteiger partial charge in [0.15, 0.2) is 0 Å². The lowest BCUT2D eigenvalue weighted by Gasteiger charge is -2.03. The first kappa shape index (κ1) is 11.2. The minimum atomic E-state index is -3.44. The molecule has 0 bridgehead atoms. The number of rotatable bonds is 4. The van der Waals surface area contributed by atoms with Crippen LogP contribution in [0.5, 0.6) is 0 Å². The van der Waals surface area contributed by atoms with Crippen LogP contribution in [0.4, 0.5) is 5.82 Å². The standard InChI is InChI=1S/C6H9ClN4O2S/c7-5-3-6(11-4-10-5)9-1-2-14(8,12)13/h3-4H,1-2H2,(H2,8,12,13)(H,9,10,11). The van der Waals surface area contributed by atoms with E-state index in [1.54, 1.807) is 0 Å². The lowest BCUT2D eigenvalue weighted by atomic mass is 10.5. The van der Waals surface area contributed by atoms with Gasteiger partial charge in [0.05, 0.1) is 5.75 Å². The predicted molar refractivity (Wildman–Crippen MR) is 53.5 cm³/mol. The summed E-state index contributed by atoms with van der Waals surface area (Å²) >= 11 is 5.58. The van der Waals surface area contributed by atoms with E-state index < -0.39 is 10.0 Å². The van der Waals surface area contributed by atoms with Crippen molar-refractivity contribution in [2.45, 2.75) is 0 Å². The van der Waals surface area contributed by atoms with Crippen LogP contribution >= 0.6 is 11.6 Å². The number of nitrogens with one attached hydrogen (secondary N) is 1. The molecule has 6 nitrogen and oxygen atoms in total. The van der Waals surface area contributed by atoms with Crippen LogP contribution in [0.1, 0.15) is 0 Å². The summed E-state index contributed by atoms with van der Waals surface area (Å²) in [6, 6.07) is 1.49. The van der Waals surface area contributed by atoms with E-state index in [0.29, 0.717) is 5.82 Å². The fourth-order valence-corrected chi connectivity index (χ4v) is 1.29. The Morgan fingerprint density at radius 2 is 2.21 bits per heavy atom. The average molecular weight is 237 g/mol. The number of halogens is 1. The van der Waals surface area contributed by atoms with E-state index in [1.165, 1.54) is 12.4 Å². The van der Waals surface area contributed by atoms with Gasteiger partial charge in [0.25, 0.3) is 0 Å². The van der Waals surface area contributed by atoms with Crippen LogP contribution in [-0.2, 0) is 10.0 Å². The molecule has 0 saturated carbocycles. The van der Waals surface area contributed by atoms with Crippen LogP contribution in [0.15, 0.2) is 12.4 Å². The van der Waals surface area contributed by atoms with Crippen molar-refractivity contribution in [1.82, 2.24) is 9.97 Å². The van der Waals surface area contributed by atoms with Gasteiger partial charge in [0.1, 0.15) is 17.3 Å². The molecule has 14 heavy (non-hydrogen) atoms. The SMILES string of the molecule is NS(=O)(=O)CCNc1cc(Cl)ncn1. The van der Waals surface area contributed by atoms with Crippen LogP contribution in [0.3, 0.4) is 0 Å². The Morgan fingerprint density at radius 3 is 2.79 bits per heavy atom. The summed E-state index contributed by atoms with van der Waals surface area (Å²) in [6.45, 7) is 0.187. The number of sulfonamides is 1. The number of anilines is 1. The van der Waals surface area contributed by atoms with Crippen molar-refractivity contribution in [3.05, 3.63) is 17.5 Å². The first-order valence-corrected chi connectivity index (χ1v) is 5.78. The van der Waals surface area contributed by atoms with Gasteiger partial charge >= 0.3 is 0 Å². The van der Waals surface area contributed by atoms with Crippen molar-refractivity contribution in [3.63, 3.8) is 0 Å². The molecule has 1 aromatic heterocycles. The third-order valence-corrected chi connectivity index (χ3v) is 2.31. The van der Waals surface area contributed by atoms with Gasteiger partial charge in [-0.15, -0.1) is 0 Å². The molecule has 3 N–H and O–H groups in total. The molecule has 0 aliphatic carbocycles. The van der Waals surface area contributed by atoms with Crippen LogP contribution in [0.2, 0.25) is 5.15 Å². The second-order valence-electron chi connectivity index (χ2n) is 2.52. The Hall–Kier alpha value is -0.920. The molecular formula is C6H9ClN4O2S. The molecule has 0 aromatic carbocycles. The lowest BCUT2D eigenvalue weighted by Crippen LogP contribution is -2.22. The molecule has 0 saturated heterocycles. The van der Waals surface area contributed by atoms with Gasteiger partial charge in [-0.05, 0) is 0 Å². The number of hydrogen-bond donors (Lipinski definition) is 2. The van der Waals surface area contributed by atoms with Crippen molar-refractivity contribution in [2.75, 3.05) is 17.6 Å². The van der Waals surface area contributed by atoms with E-state index >= 15 is 0 Å². The molecule has 0 amide bonds. The Balaban J connectivity index is 2.47. The van der Waals surface area contributed by atoms with Crippen molar-refractivity contribution in [3.8, 4) is 0 Å². The Bertz CT molecular complexity index is 408.